The van der Waals surface area contributed by atoms with Crippen molar-refractivity contribution in [3.05, 3.63) is 65.9 Å². The number of carbonyl (C=O) groups excluding carboxylic acids is 1. The number of benzene rings is 2. The summed E-state index contributed by atoms with van der Waals surface area (Å²) in [6.07, 6.45) is 0. The van der Waals surface area contributed by atoms with Crippen molar-refractivity contribution in [2.75, 3.05) is 49.7 Å². The third-order valence-electron chi connectivity index (χ3n) is 5.17. The van der Waals surface area contributed by atoms with E-state index in [1.165, 1.54) is 6.07 Å². The summed E-state index contributed by atoms with van der Waals surface area (Å²) in [5, 5.41) is 25.8. The molecule has 1 amide bonds. The lowest BCUT2D eigenvalue weighted by Crippen LogP contribution is -2.38. The lowest BCUT2D eigenvalue weighted by atomic mass is 10.2. The highest BCUT2D eigenvalue weighted by atomic mass is 16.5. The molecule has 1 fully saturated rings. The van der Waals surface area contributed by atoms with Crippen molar-refractivity contribution in [1.29, 1.82) is 0 Å². The third kappa shape index (κ3) is 5.91. The van der Waals surface area contributed by atoms with Crippen LogP contribution < -0.4 is 20.3 Å². The molecule has 0 atom stereocenters. The maximum absolute atomic E-state index is 13.1. The third-order valence-corrected chi connectivity index (χ3v) is 5.17. The Kier molecular flexibility index (Phi) is 7.74. The van der Waals surface area contributed by atoms with E-state index < -0.39 is 12.5 Å². The van der Waals surface area contributed by atoms with Gasteiger partial charge in [0, 0.05) is 24.8 Å². The molecule has 1 aliphatic heterocycles. The number of aliphatic hydroxyl groups excluding tert-OH is 1. The molecule has 1 aromatic heterocycles. The molecule has 4 rings (SSSR count). The second-order valence-corrected chi connectivity index (χ2v) is 7.55. The van der Waals surface area contributed by atoms with Crippen LogP contribution in [0.4, 0.5) is 17.5 Å². The van der Waals surface area contributed by atoms with E-state index in [1.807, 2.05) is 35.2 Å². The topological polar surface area (TPSA) is 129 Å². The molecule has 2 aromatic carbocycles. The molecular formula is C24H27N5O5. The number of hydrogen-bond donors (Lipinski definition) is 4. The number of hydrogen-bond acceptors (Lipinski definition) is 9. The van der Waals surface area contributed by atoms with Gasteiger partial charge in [-0.1, -0.05) is 24.3 Å². The van der Waals surface area contributed by atoms with Gasteiger partial charge in [0.15, 0.2) is 0 Å². The minimum absolute atomic E-state index is 0.0707. The predicted octanol–water partition coefficient (Wildman–Crippen LogP) is 2.06. The Balaban J connectivity index is 1.56. The van der Waals surface area contributed by atoms with Crippen LogP contribution in [0.3, 0.4) is 0 Å². The smallest absolute Gasteiger partial charge is 0.270 e. The number of aliphatic hydroxyl groups is 1. The van der Waals surface area contributed by atoms with Gasteiger partial charge in [-0.05, 0) is 24.3 Å². The van der Waals surface area contributed by atoms with E-state index >= 15 is 0 Å². The molecule has 10 nitrogen and oxygen atoms in total. The van der Waals surface area contributed by atoms with Gasteiger partial charge in [-0.2, -0.15) is 4.98 Å². The van der Waals surface area contributed by atoms with Crippen LogP contribution in [0.25, 0.3) is 0 Å². The number of para-hydroxylation sites is 1. The monoisotopic (exact) mass is 465 g/mol. The molecule has 1 saturated heterocycles. The van der Waals surface area contributed by atoms with Crippen LogP contribution in [0.1, 0.15) is 16.1 Å². The number of amides is 1. The zero-order valence-corrected chi connectivity index (χ0v) is 18.6. The first-order valence-electron chi connectivity index (χ1n) is 11.0. The first-order valence-corrected chi connectivity index (χ1v) is 11.0. The second-order valence-electron chi connectivity index (χ2n) is 7.55. The lowest BCUT2D eigenvalue weighted by Gasteiger charge is -2.28. The number of nitrogens with zero attached hydrogens (tertiary/aromatic N) is 3. The number of ether oxygens (including phenoxy) is 2. The number of carbonyl (C=O) groups is 1. The van der Waals surface area contributed by atoms with Crippen LogP contribution in [0.5, 0.6) is 11.5 Å². The summed E-state index contributed by atoms with van der Waals surface area (Å²) in [4.78, 5) is 24.0. The number of anilines is 3. The molecular weight excluding hydrogens is 438 g/mol. The highest BCUT2D eigenvalue weighted by Gasteiger charge is 2.23. The van der Waals surface area contributed by atoms with Crippen LogP contribution in [0, 0.1) is 0 Å². The van der Waals surface area contributed by atoms with Gasteiger partial charge < -0.3 is 35.2 Å². The lowest BCUT2D eigenvalue weighted by molar-refractivity contribution is 0.0938. The summed E-state index contributed by atoms with van der Waals surface area (Å²) in [5.41, 5.74) is 0.882. The summed E-state index contributed by atoms with van der Waals surface area (Å²) >= 11 is 0. The number of aromatic nitrogens is 2. The van der Waals surface area contributed by atoms with Gasteiger partial charge in [0.2, 0.25) is 5.95 Å². The van der Waals surface area contributed by atoms with Crippen LogP contribution in [0.2, 0.25) is 0 Å². The summed E-state index contributed by atoms with van der Waals surface area (Å²) < 4.78 is 11.0. The van der Waals surface area contributed by atoms with Crippen molar-refractivity contribution in [3.63, 3.8) is 0 Å². The van der Waals surface area contributed by atoms with Crippen molar-refractivity contribution in [3.8, 4) is 11.5 Å². The van der Waals surface area contributed by atoms with Crippen molar-refractivity contribution in [1.82, 2.24) is 15.3 Å². The fourth-order valence-corrected chi connectivity index (χ4v) is 3.47. The number of phenols is 1. The van der Waals surface area contributed by atoms with Crippen LogP contribution in [-0.2, 0) is 11.3 Å². The van der Waals surface area contributed by atoms with Crippen LogP contribution in [-0.4, -0.2) is 65.5 Å². The van der Waals surface area contributed by atoms with Gasteiger partial charge in [0.1, 0.15) is 29.6 Å². The fourth-order valence-electron chi connectivity index (χ4n) is 3.47. The van der Waals surface area contributed by atoms with E-state index in [0.29, 0.717) is 43.7 Å². The SMILES string of the molecule is O=C(NCCOc1ccccc1)c1nc(N2CCOCC2)nc(Nc2cccc(O)c2)c1CO. The molecule has 34 heavy (non-hydrogen) atoms. The van der Waals surface area contributed by atoms with E-state index in [9.17, 15) is 15.0 Å². The van der Waals surface area contributed by atoms with E-state index in [2.05, 4.69) is 20.6 Å². The highest BCUT2D eigenvalue weighted by Crippen LogP contribution is 2.26. The van der Waals surface area contributed by atoms with E-state index in [1.54, 1.807) is 18.2 Å². The summed E-state index contributed by atoms with van der Waals surface area (Å²) in [7, 11) is 0. The number of nitrogens with one attached hydrogen (secondary N) is 2. The Morgan fingerprint density at radius 1 is 1.09 bits per heavy atom. The van der Waals surface area contributed by atoms with Gasteiger partial charge >= 0.3 is 0 Å². The zero-order valence-electron chi connectivity index (χ0n) is 18.6. The molecule has 0 bridgehead atoms. The summed E-state index contributed by atoms with van der Waals surface area (Å²) in [6.45, 7) is 2.29. The van der Waals surface area contributed by atoms with Crippen molar-refractivity contribution in [2.45, 2.75) is 6.61 Å². The predicted molar refractivity (Wildman–Crippen MR) is 127 cm³/mol. The molecule has 0 aliphatic carbocycles. The standard InChI is InChI=1S/C24H27N5O5/c30-16-20-21(23(32)25-9-12-34-19-7-2-1-3-8-19)27-24(29-10-13-33-14-11-29)28-22(20)26-17-5-4-6-18(31)15-17/h1-8,15,30-31H,9-14,16H2,(H,25,32)(H,26,27,28). The quantitative estimate of drug-likeness (QED) is 0.351. The highest BCUT2D eigenvalue weighted by molar-refractivity contribution is 5.95. The molecule has 2 heterocycles. The molecule has 3 aromatic rings. The average molecular weight is 466 g/mol. The second kappa shape index (κ2) is 11.3. The Morgan fingerprint density at radius 2 is 1.88 bits per heavy atom. The Bertz CT molecular complexity index is 1110. The first-order chi connectivity index (χ1) is 16.6. The Hall–Kier alpha value is -3.89. The largest absolute Gasteiger partial charge is 0.508 e. The maximum atomic E-state index is 13.1. The molecule has 10 heteroatoms. The molecule has 0 spiro atoms. The molecule has 4 N–H and O–H groups in total. The average Bonchev–Trinajstić information content (AvgIpc) is 2.87. The van der Waals surface area contributed by atoms with Gasteiger partial charge in [0.05, 0.1) is 31.9 Å². The van der Waals surface area contributed by atoms with Gasteiger partial charge in [-0.15, -0.1) is 0 Å². The molecule has 1 aliphatic rings. The van der Waals surface area contributed by atoms with Crippen molar-refractivity contribution in [2.24, 2.45) is 0 Å². The van der Waals surface area contributed by atoms with Crippen molar-refractivity contribution < 1.29 is 24.5 Å². The molecule has 0 saturated carbocycles. The van der Waals surface area contributed by atoms with Gasteiger partial charge in [-0.3, -0.25) is 4.79 Å². The van der Waals surface area contributed by atoms with Crippen LogP contribution in [0.15, 0.2) is 54.6 Å². The maximum Gasteiger partial charge on any atom is 0.270 e. The summed E-state index contributed by atoms with van der Waals surface area (Å²) in [5.74, 6) is 0.983. The summed E-state index contributed by atoms with van der Waals surface area (Å²) in [6, 6.07) is 15.8. The van der Waals surface area contributed by atoms with Gasteiger partial charge in [-0.25, -0.2) is 4.98 Å². The minimum Gasteiger partial charge on any atom is -0.508 e. The van der Waals surface area contributed by atoms with E-state index in [4.69, 9.17) is 9.47 Å². The number of morpholine rings is 1. The molecule has 0 radical (unpaired) electrons. The number of aromatic hydroxyl groups is 1. The normalized spacial score (nSPS) is 13.4. The Labute approximate surface area is 197 Å². The molecule has 178 valence electrons. The fraction of sp³-hybridized carbons (Fsp3) is 0.292. The number of phenolic OH excluding ortho intramolecular Hbond substituents is 1. The van der Waals surface area contributed by atoms with Crippen LogP contribution >= 0.6 is 0 Å². The minimum atomic E-state index is -0.451. The first kappa shape index (κ1) is 23.3. The molecule has 0 unspecified atom stereocenters. The Morgan fingerprint density at radius 3 is 2.62 bits per heavy atom. The van der Waals surface area contributed by atoms with Gasteiger partial charge in [0.25, 0.3) is 5.91 Å². The van der Waals surface area contributed by atoms with E-state index in [-0.39, 0.29) is 36.0 Å². The van der Waals surface area contributed by atoms with Crippen molar-refractivity contribution >= 4 is 23.4 Å². The zero-order chi connectivity index (χ0) is 23.8. The number of rotatable bonds is 9. The van der Waals surface area contributed by atoms with E-state index in [0.717, 1.165) is 0 Å².